The van der Waals surface area contributed by atoms with Gasteiger partial charge in [-0.2, -0.15) is 0 Å². The third kappa shape index (κ3) is 3.87. The SMILES string of the molecule is C[C@@H]1OCCCN(C(=O)OC(C)(C)C)[C@H]1C(=O)O. The van der Waals surface area contributed by atoms with Crippen molar-refractivity contribution in [2.24, 2.45) is 0 Å². The molecule has 0 aromatic heterocycles. The molecule has 0 aromatic carbocycles. The van der Waals surface area contributed by atoms with Crippen molar-refractivity contribution in [3.8, 4) is 0 Å². The maximum absolute atomic E-state index is 12.0. The van der Waals surface area contributed by atoms with E-state index in [1.54, 1.807) is 27.7 Å². The second-order valence-corrected chi connectivity index (χ2v) is 5.39. The van der Waals surface area contributed by atoms with Crippen molar-refractivity contribution in [1.82, 2.24) is 4.90 Å². The highest BCUT2D eigenvalue weighted by molar-refractivity contribution is 5.80. The third-order valence-corrected chi connectivity index (χ3v) is 2.59. The number of amides is 1. The predicted octanol–water partition coefficient (Wildman–Crippen LogP) is 1.49. The van der Waals surface area contributed by atoms with Crippen molar-refractivity contribution in [1.29, 1.82) is 0 Å². The summed E-state index contributed by atoms with van der Waals surface area (Å²) in [5.74, 6) is -1.07. The molecule has 1 N–H and O–H groups in total. The lowest BCUT2D eigenvalue weighted by Crippen LogP contribution is -2.51. The first-order valence-electron chi connectivity index (χ1n) is 6.06. The van der Waals surface area contributed by atoms with Gasteiger partial charge in [0.25, 0.3) is 0 Å². The standard InChI is InChI=1S/C12H21NO5/c1-8-9(10(14)15)13(6-5-7-17-8)11(16)18-12(2,3)4/h8-9H,5-7H2,1-4H3,(H,14,15)/t8-,9+/m0/s1. The van der Waals surface area contributed by atoms with Crippen molar-refractivity contribution in [2.45, 2.75) is 51.9 Å². The number of carbonyl (C=O) groups excluding carboxylic acids is 1. The Morgan fingerprint density at radius 1 is 1.39 bits per heavy atom. The summed E-state index contributed by atoms with van der Waals surface area (Å²) < 4.78 is 10.6. The van der Waals surface area contributed by atoms with E-state index in [2.05, 4.69) is 0 Å². The third-order valence-electron chi connectivity index (χ3n) is 2.59. The summed E-state index contributed by atoms with van der Waals surface area (Å²) in [6, 6.07) is -0.998. The van der Waals surface area contributed by atoms with Crippen molar-refractivity contribution >= 4 is 12.1 Å². The van der Waals surface area contributed by atoms with E-state index in [4.69, 9.17) is 9.47 Å². The molecule has 1 fully saturated rings. The van der Waals surface area contributed by atoms with Gasteiger partial charge < -0.3 is 14.6 Å². The monoisotopic (exact) mass is 259 g/mol. The van der Waals surface area contributed by atoms with Gasteiger partial charge in [-0.05, 0) is 34.1 Å². The highest BCUT2D eigenvalue weighted by Gasteiger charge is 2.38. The van der Waals surface area contributed by atoms with E-state index in [-0.39, 0.29) is 0 Å². The molecule has 0 aliphatic carbocycles. The molecule has 1 rings (SSSR count). The molecule has 18 heavy (non-hydrogen) atoms. The fourth-order valence-corrected chi connectivity index (χ4v) is 1.85. The van der Waals surface area contributed by atoms with Crippen LogP contribution in [0.4, 0.5) is 4.79 Å². The average Bonchev–Trinajstić information content (AvgIpc) is 2.36. The fraction of sp³-hybridized carbons (Fsp3) is 0.833. The topological polar surface area (TPSA) is 76.1 Å². The van der Waals surface area contributed by atoms with E-state index in [9.17, 15) is 14.7 Å². The zero-order valence-electron chi connectivity index (χ0n) is 11.3. The highest BCUT2D eigenvalue weighted by Crippen LogP contribution is 2.18. The van der Waals surface area contributed by atoms with Crippen LogP contribution in [0.25, 0.3) is 0 Å². The molecule has 0 radical (unpaired) electrons. The zero-order chi connectivity index (χ0) is 13.9. The van der Waals surface area contributed by atoms with E-state index in [0.717, 1.165) is 0 Å². The van der Waals surface area contributed by atoms with Crippen LogP contribution in [0, 0.1) is 0 Å². The molecule has 0 spiro atoms. The molecular formula is C12H21NO5. The summed E-state index contributed by atoms with van der Waals surface area (Å²) >= 11 is 0. The largest absolute Gasteiger partial charge is 0.480 e. The molecular weight excluding hydrogens is 238 g/mol. The normalized spacial score (nSPS) is 25.4. The molecule has 1 heterocycles. The average molecular weight is 259 g/mol. The van der Waals surface area contributed by atoms with Gasteiger partial charge in [0.05, 0.1) is 6.10 Å². The molecule has 1 saturated heterocycles. The molecule has 0 saturated carbocycles. The quantitative estimate of drug-likeness (QED) is 0.772. The second kappa shape index (κ2) is 5.56. The minimum atomic E-state index is -1.07. The number of carboxylic acid groups (broad SMARTS) is 1. The maximum atomic E-state index is 12.0. The van der Waals surface area contributed by atoms with Gasteiger partial charge in [0, 0.05) is 13.2 Å². The van der Waals surface area contributed by atoms with Gasteiger partial charge in [0.2, 0.25) is 0 Å². The van der Waals surface area contributed by atoms with Crippen molar-refractivity contribution in [2.75, 3.05) is 13.2 Å². The Bertz CT molecular complexity index is 323. The number of hydrogen-bond acceptors (Lipinski definition) is 4. The van der Waals surface area contributed by atoms with Crippen LogP contribution in [0.5, 0.6) is 0 Å². The minimum absolute atomic E-state index is 0.330. The van der Waals surface area contributed by atoms with Gasteiger partial charge in [0.1, 0.15) is 5.60 Å². The molecule has 1 amide bonds. The Balaban J connectivity index is 2.87. The van der Waals surface area contributed by atoms with Gasteiger partial charge >= 0.3 is 12.1 Å². The van der Waals surface area contributed by atoms with Crippen molar-refractivity contribution < 1.29 is 24.2 Å². The van der Waals surface area contributed by atoms with Crippen LogP contribution >= 0.6 is 0 Å². The molecule has 0 unspecified atom stereocenters. The minimum Gasteiger partial charge on any atom is -0.480 e. The number of carbonyl (C=O) groups is 2. The van der Waals surface area contributed by atoms with Crippen LogP contribution in [0.15, 0.2) is 0 Å². The van der Waals surface area contributed by atoms with Crippen molar-refractivity contribution in [3.05, 3.63) is 0 Å². The number of rotatable bonds is 1. The number of hydrogen-bond donors (Lipinski definition) is 1. The lowest BCUT2D eigenvalue weighted by atomic mass is 10.1. The Hall–Kier alpha value is -1.30. The van der Waals surface area contributed by atoms with Gasteiger partial charge in [0.15, 0.2) is 6.04 Å². The summed E-state index contributed by atoms with van der Waals surface area (Å²) in [6.45, 7) is 7.68. The molecule has 104 valence electrons. The van der Waals surface area contributed by atoms with E-state index >= 15 is 0 Å². The van der Waals surface area contributed by atoms with Gasteiger partial charge in [-0.1, -0.05) is 0 Å². The van der Waals surface area contributed by atoms with E-state index in [1.165, 1.54) is 4.90 Å². The highest BCUT2D eigenvalue weighted by atomic mass is 16.6. The molecule has 6 nitrogen and oxygen atoms in total. The molecule has 0 bridgehead atoms. The summed E-state index contributed by atoms with van der Waals surface area (Å²) in [4.78, 5) is 24.5. The van der Waals surface area contributed by atoms with Gasteiger partial charge in [-0.15, -0.1) is 0 Å². The molecule has 2 atom stereocenters. The Morgan fingerprint density at radius 3 is 2.50 bits per heavy atom. The predicted molar refractivity (Wildman–Crippen MR) is 64.4 cm³/mol. The number of nitrogens with zero attached hydrogens (tertiary/aromatic N) is 1. The Morgan fingerprint density at radius 2 is 2.00 bits per heavy atom. The van der Waals surface area contributed by atoms with Gasteiger partial charge in [-0.25, -0.2) is 9.59 Å². The summed E-state index contributed by atoms with van der Waals surface area (Å²) in [6.07, 6.45) is -0.544. The number of ether oxygens (including phenoxy) is 2. The van der Waals surface area contributed by atoms with Crippen LogP contribution < -0.4 is 0 Å². The lowest BCUT2D eigenvalue weighted by Gasteiger charge is -2.31. The van der Waals surface area contributed by atoms with E-state index < -0.39 is 29.8 Å². The van der Waals surface area contributed by atoms with E-state index in [1.807, 2.05) is 0 Å². The zero-order valence-corrected chi connectivity index (χ0v) is 11.3. The van der Waals surface area contributed by atoms with Crippen LogP contribution in [0.1, 0.15) is 34.1 Å². The van der Waals surface area contributed by atoms with Crippen LogP contribution in [-0.2, 0) is 14.3 Å². The summed E-state index contributed by atoms with van der Waals surface area (Å²) in [5, 5.41) is 9.22. The molecule has 6 heteroatoms. The maximum Gasteiger partial charge on any atom is 0.411 e. The Kier molecular flexibility index (Phi) is 4.56. The second-order valence-electron chi connectivity index (χ2n) is 5.39. The number of carboxylic acids is 1. The fourth-order valence-electron chi connectivity index (χ4n) is 1.85. The first-order valence-corrected chi connectivity index (χ1v) is 6.06. The van der Waals surface area contributed by atoms with Crippen molar-refractivity contribution in [3.63, 3.8) is 0 Å². The molecule has 1 aliphatic rings. The first kappa shape index (κ1) is 14.8. The molecule has 0 aromatic rings. The van der Waals surface area contributed by atoms with Crippen LogP contribution in [-0.4, -0.2) is 53.0 Å². The molecule has 1 aliphatic heterocycles. The van der Waals surface area contributed by atoms with Crippen LogP contribution in [0.3, 0.4) is 0 Å². The first-order chi connectivity index (χ1) is 8.22. The van der Waals surface area contributed by atoms with Gasteiger partial charge in [-0.3, -0.25) is 4.90 Å². The summed E-state index contributed by atoms with van der Waals surface area (Å²) in [7, 11) is 0. The lowest BCUT2D eigenvalue weighted by molar-refractivity contribution is -0.147. The Labute approximate surface area is 107 Å². The van der Waals surface area contributed by atoms with Crippen LogP contribution in [0.2, 0.25) is 0 Å². The summed E-state index contributed by atoms with van der Waals surface area (Å²) in [5.41, 5.74) is -0.642. The van der Waals surface area contributed by atoms with E-state index in [0.29, 0.717) is 19.6 Å². The smallest absolute Gasteiger partial charge is 0.411 e. The number of aliphatic carboxylic acids is 1.